The molecule has 7 N–H and O–H groups in total. The van der Waals surface area contributed by atoms with Crippen molar-refractivity contribution >= 4 is 0 Å². The molecule has 3 saturated heterocycles. The maximum absolute atomic E-state index is 10.3. The number of aliphatic hydroxyl groups excluding tert-OH is 7. The van der Waals surface area contributed by atoms with Crippen LogP contribution < -0.4 is 0 Å². The highest BCUT2D eigenvalue weighted by molar-refractivity contribution is 4.93. The van der Waals surface area contributed by atoms with Gasteiger partial charge in [0.2, 0.25) is 0 Å². The standard InChI is InChI=1S/C16H28O13/c1-24-14-11(22)9(20)7(28-14)4-25-16-13(10(21)6(3-18)27-16)29-15-12(23)8(19)5(2-17)26-15/h5-23H,2-4H2,1H3/t5-,6-,7-,8-,9-,10-,11+,12+,13+,14+,15+,16+/m1/s1. The van der Waals surface area contributed by atoms with E-state index in [1.165, 1.54) is 7.11 Å². The van der Waals surface area contributed by atoms with Crippen molar-refractivity contribution in [1.29, 1.82) is 0 Å². The summed E-state index contributed by atoms with van der Waals surface area (Å²) in [6, 6.07) is 0. The third kappa shape index (κ3) is 4.57. The monoisotopic (exact) mass is 428 g/mol. The van der Waals surface area contributed by atoms with Gasteiger partial charge in [-0.2, -0.15) is 0 Å². The first-order valence-electron chi connectivity index (χ1n) is 9.20. The minimum absolute atomic E-state index is 0.274. The Balaban J connectivity index is 1.62. The Morgan fingerprint density at radius 3 is 1.72 bits per heavy atom. The van der Waals surface area contributed by atoms with Crippen LogP contribution in [0, 0.1) is 0 Å². The second-order valence-corrected chi connectivity index (χ2v) is 7.12. The molecule has 0 aromatic carbocycles. The summed E-state index contributed by atoms with van der Waals surface area (Å²) in [5.74, 6) is 0. The van der Waals surface area contributed by atoms with Crippen LogP contribution in [-0.4, -0.2) is 136 Å². The molecular formula is C16H28O13. The molecule has 0 aromatic rings. The van der Waals surface area contributed by atoms with E-state index in [9.17, 15) is 30.6 Å². The third-order valence-corrected chi connectivity index (χ3v) is 5.24. The molecule has 3 aliphatic heterocycles. The summed E-state index contributed by atoms with van der Waals surface area (Å²) >= 11 is 0. The Kier molecular flexibility index (Phi) is 7.77. The van der Waals surface area contributed by atoms with Crippen molar-refractivity contribution in [3.63, 3.8) is 0 Å². The van der Waals surface area contributed by atoms with Gasteiger partial charge in [0.15, 0.2) is 18.9 Å². The molecule has 0 radical (unpaired) electrons. The van der Waals surface area contributed by atoms with Gasteiger partial charge in [-0.05, 0) is 0 Å². The lowest BCUT2D eigenvalue weighted by Crippen LogP contribution is -2.44. The van der Waals surface area contributed by atoms with Crippen LogP contribution in [-0.2, 0) is 28.4 Å². The molecule has 3 rings (SSSR count). The zero-order valence-corrected chi connectivity index (χ0v) is 15.6. The van der Waals surface area contributed by atoms with Gasteiger partial charge in [0.1, 0.15) is 54.9 Å². The van der Waals surface area contributed by atoms with E-state index in [0.717, 1.165) is 0 Å². The highest BCUT2D eigenvalue weighted by Gasteiger charge is 2.51. The molecular weight excluding hydrogens is 400 g/mol. The van der Waals surface area contributed by atoms with Gasteiger partial charge >= 0.3 is 0 Å². The molecule has 0 aromatic heterocycles. The van der Waals surface area contributed by atoms with E-state index < -0.39 is 87.0 Å². The highest BCUT2D eigenvalue weighted by atomic mass is 16.8. The Morgan fingerprint density at radius 1 is 0.655 bits per heavy atom. The first kappa shape index (κ1) is 23.1. The van der Waals surface area contributed by atoms with Gasteiger partial charge in [0.25, 0.3) is 0 Å². The fourth-order valence-electron chi connectivity index (χ4n) is 3.50. The summed E-state index contributed by atoms with van der Waals surface area (Å²) < 4.78 is 31.9. The Morgan fingerprint density at radius 2 is 1.17 bits per heavy atom. The van der Waals surface area contributed by atoms with E-state index in [0.29, 0.717) is 0 Å². The van der Waals surface area contributed by atoms with E-state index >= 15 is 0 Å². The normalized spacial score (nSPS) is 50.5. The van der Waals surface area contributed by atoms with Crippen LogP contribution in [0.2, 0.25) is 0 Å². The topological polar surface area (TPSA) is 197 Å². The van der Waals surface area contributed by atoms with Crippen LogP contribution in [0.3, 0.4) is 0 Å². The molecule has 0 spiro atoms. The van der Waals surface area contributed by atoms with Gasteiger partial charge in [0.05, 0.1) is 19.8 Å². The molecule has 3 fully saturated rings. The number of methoxy groups -OCH3 is 1. The summed E-state index contributed by atoms with van der Waals surface area (Å²) in [6.45, 7) is -1.38. The fourth-order valence-corrected chi connectivity index (χ4v) is 3.50. The fraction of sp³-hybridized carbons (Fsp3) is 1.00. The van der Waals surface area contributed by atoms with Crippen molar-refractivity contribution in [1.82, 2.24) is 0 Å². The van der Waals surface area contributed by atoms with Crippen LogP contribution in [0.15, 0.2) is 0 Å². The van der Waals surface area contributed by atoms with E-state index in [-0.39, 0.29) is 6.61 Å². The van der Waals surface area contributed by atoms with Gasteiger partial charge in [0, 0.05) is 7.11 Å². The molecule has 0 amide bonds. The van der Waals surface area contributed by atoms with Crippen LogP contribution >= 0.6 is 0 Å². The number of hydrogen-bond acceptors (Lipinski definition) is 13. The molecule has 0 unspecified atom stereocenters. The van der Waals surface area contributed by atoms with Gasteiger partial charge in [-0.25, -0.2) is 0 Å². The van der Waals surface area contributed by atoms with E-state index in [1.807, 2.05) is 0 Å². The van der Waals surface area contributed by atoms with Crippen molar-refractivity contribution < 1.29 is 64.2 Å². The van der Waals surface area contributed by atoms with Crippen molar-refractivity contribution in [2.45, 2.75) is 73.8 Å². The van der Waals surface area contributed by atoms with Crippen molar-refractivity contribution in [2.24, 2.45) is 0 Å². The minimum Gasteiger partial charge on any atom is -0.394 e. The molecule has 0 aliphatic carbocycles. The predicted octanol–water partition coefficient (Wildman–Crippen LogP) is -5.00. The summed E-state index contributed by atoms with van der Waals surface area (Å²) in [7, 11) is 1.30. The second-order valence-electron chi connectivity index (χ2n) is 7.12. The summed E-state index contributed by atoms with van der Waals surface area (Å²) in [4.78, 5) is 0. The maximum Gasteiger partial charge on any atom is 0.187 e. The molecule has 0 bridgehead atoms. The van der Waals surface area contributed by atoms with Crippen LogP contribution in [0.1, 0.15) is 0 Å². The smallest absolute Gasteiger partial charge is 0.187 e. The Bertz CT molecular complexity index is 523. The van der Waals surface area contributed by atoms with Gasteiger partial charge in [-0.1, -0.05) is 0 Å². The van der Waals surface area contributed by atoms with Crippen molar-refractivity contribution in [2.75, 3.05) is 26.9 Å². The first-order chi connectivity index (χ1) is 13.8. The molecule has 3 aliphatic rings. The van der Waals surface area contributed by atoms with Crippen molar-refractivity contribution in [3.05, 3.63) is 0 Å². The number of ether oxygens (including phenoxy) is 6. The molecule has 29 heavy (non-hydrogen) atoms. The lowest BCUT2D eigenvalue weighted by Gasteiger charge is -2.26. The number of hydrogen-bond donors (Lipinski definition) is 7. The highest BCUT2D eigenvalue weighted by Crippen LogP contribution is 2.31. The molecule has 13 nitrogen and oxygen atoms in total. The van der Waals surface area contributed by atoms with Crippen molar-refractivity contribution in [3.8, 4) is 0 Å². The lowest BCUT2D eigenvalue weighted by atomic mass is 10.1. The summed E-state index contributed by atoms with van der Waals surface area (Å²) in [6.07, 6.45) is -14.8. The largest absolute Gasteiger partial charge is 0.394 e. The summed E-state index contributed by atoms with van der Waals surface area (Å²) in [5.41, 5.74) is 0. The third-order valence-electron chi connectivity index (χ3n) is 5.24. The van der Waals surface area contributed by atoms with Crippen LogP contribution in [0.5, 0.6) is 0 Å². The van der Waals surface area contributed by atoms with Crippen LogP contribution in [0.25, 0.3) is 0 Å². The lowest BCUT2D eigenvalue weighted by molar-refractivity contribution is -0.253. The molecule has 3 heterocycles. The zero-order chi connectivity index (χ0) is 21.3. The van der Waals surface area contributed by atoms with E-state index in [4.69, 9.17) is 33.5 Å². The SMILES string of the molecule is CO[C@H]1O[C@H](CO[C@H]2O[C@H](CO)[C@@H](O)[C@@H]2O[C@@H]2O[C@H](CO)[C@@H](O)[C@@H]2O)[C@@H](O)[C@@H]1O. The second kappa shape index (κ2) is 9.74. The molecule has 0 saturated carbocycles. The van der Waals surface area contributed by atoms with Crippen LogP contribution in [0.4, 0.5) is 0 Å². The average Bonchev–Trinajstić information content (AvgIpc) is 3.28. The molecule has 170 valence electrons. The first-order valence-corrected chi connectivity index (χ1v) is 9.20. The van der Waals surface area contributed by atoms with Gasteiger partial charge in [-0.3, -0.25) is 0 Å². The molecule has 13 heteroatoms. The Hall–Kier alpha value is -0.520. The number of rotatable bonds is 8. The van der Waals surface area contributed by atoms with Gasteiger partial charge in [-0.15, -0.1) is 0 Å². The number of aliphatic hydroxyl groups is 7. The van der Waals surface area contributed by atoms with Gasteiger partial charge < -0.3 is 64.2 Å². The van der Waals surface area contributed by atoms with E-state index in [2.05, 4.69) is 0 Å². The average molecular weight is 428 g/mol. The van der Waals surface area contributed by atoms with E-state index in [1.54, 1.807) is 0 Å². The predicted molar refractivity (Wildman–Crippen MR) is 88.0 cm³/mol. The zero-order valence-electron chi connectivity index (χ0n) is 15.6. The minimum atomic E-state index is -1.49. The quantitative estimate of drug-likeness (QED) is 0.194. The maximum atomic E-state index is 10.3. The molecule has 12 atom stereocenters. The Labute approximate surface area is 165 Å². The summed E-state index contributed by atoms with van der Waals surface area (Å²) in [5, 5.41) is 68.5.